The molecule has 0 aromatic heterocycles. The number of hydrogen-bond donors (Lipinski definition) is 1. The van der Waals surface area contributed by atoms with Gasteiger partial charge in [0.15, 0.2) is 11.9 Å². The lowest BCUT2D eigenvalue weighted by atomic mass is 10.1. The third-order valence-electron chi connectivity index (χ3n) is 2.80. The second-order valence-corrected chi connectivity index (χ2v) is 4.04. The number of halogens is 1. The number of morpholine rings is 1. The number of nitrogens with zero attached hydrogens (tertiary/aromatic N) is 2. The summed E-state index contributed by atoms with van der Waals surface area (Å²) >= 11 is 0. The van der Waals surface area contributed by atoms with Gasteiger partial charge < -0.3 is 10.5 Å². The summed E-state index contributed by atoms with van der Waals surface area (Å²) in [4.78, 5) is 2.00. The van der Waals surface area contributed by atoms with Crippen molar-refractivity contribution in [3.63, 3.8) is 0 Å². The Hall–Kier alpha value is -1.64. The molecule has 17 heavy (non-hydrogen) atoms. The van der Waals surface area contributed by atoms with E-state index in [9.17, 15) is 4.39 Å². The van der Waals surface area contributed by atoms with Gasteiger partial charge in [0.2, 0.25) is 0 Å². The minimum atomic E-state index is -0.423. The van der Waals surface area contributed by atoms with E-state index in [-0.39, 0.29) is 11.5 Å². The zero-order valence-corrected chi connectivity index (χ0v) is 9.40. The van der Waals surface area contributed by atoms with E-state index in [1.165, 1.54) is 6.07 Å². The van der Waals surface area contributed by atoms with Crippen molar-refractivity contribution >= 4 is 5.69 Å². The van der Waals surface area contributed by atoms with Crippen LogP contribution in [0.25, 0.3) is 0 Å². The molecule has 4 nitrogen and oxygen atoms in total. The van der Waals surface area contributed by atoms with Crippen LogP contribution >= 0.6 is 0 Å². The molecule has 1 aliphatic rings. The molecule has 1 heterocycles. The summed E-state index contributed by atoms with van der Waals surface area (Å²) in [6.07, 6.45) is -0.423. The highest BCUT2D eigenvalue weighted by Crippen LogP contribution is 2.17. The predicted molar refractivity (Wildman–Crippen MR) is 61.4 cm³/mol. The van der Waals surface area contributed by atoms with Gasteiger partial charge in [-0.1, -0.05) is 12.1 Å². The first kappa shape index (κ1) is 11.8. The number of nitrogens with two attached hydrogens (primary N) is 1. The number of ether oxygens (including phenoxy) is 1. The van der Waals surface area contributed by atoms with Crippen molar-refractivity contribution in [2.24, 2.45) is 0 Å². The second-order valence-electron chi connectivity index (χ2n) is 4.04. The Labute approximate surface area is 99.4 Å². The fraction of sp³-hybridized carbons (Fsp3) is 0.417. The van der Waals surface area contributed by atoms with E-state index in [0.717, 1.165) is 0 Å². The Morgan fingerprint density at radius 1 is 1.59 bits per heavy atom. The monoisotopic (exact) mass is 235 g/mol. The minimum Gasteiger partial charge on any atom is -0.396 e. The molecule has 1 unspecified atom stereocenters. The summed E-state index contributed by atoms with van der Waals surface area (Å²) in [5.41, 5.74) is 6.23. The van der Waals surface area contributed by atoms with Crippen LogP contribution in [0.3, 0.4) is 0 Å². The van der Waals surface area contributed by atoms with E-state index in [0.29, 0.717) is 31.8 Å². The van der Waals surface area contributed by atoms with Gasteiger partial charge in [-0.05, 0) is 6.07 Å². The van der Waals surface area contributed by atoms with Crippen LogP contribution in [0.15, 0.2) is 18.2 Å². The average Bonchev–Trinajstić information content (AvgIpc) is 2.35. The summed E-state index contributed by atoms with van der Waals surface area (Å²) < 4.78 is 18.9. The van der Waals surface area contributed by atoms with E-state index in [4.69, 9.17) is 15.7 Å². The van der Waals surface area contributed by atoms with E-state index < -0.39 is 6.10 Å². The number of benzene rings is 1. The molecule has 0 spiro atoms. The molecule has 1 atom stereocenters. The quantitative estimate of drug-likeness (QED) is 0.781. The molecule has 90 valence electrons. The van der Waals surface area contributed by atoms with Crippen LogP contribution in [0, 0.1) is 17.1 Å². The van der Waals surface area contributed by atoms with Gasteiger partial charge in [0.05, 0.1) is 18.4 Å². The summed E-state index contributed by atoms with van der Waals surface area (Å²) in [5, 5.41) is 8.78. The van der Waals surface area contributed by atoms with E-state index in [1.807, 2.05) is 4.90 Å². The van der Waals surface area contributed by atoms with Crippen molar-refractivity contribution in [3.8, 4) is 6.07 Å². The molecule has 5 heteroatoms. The van der Waals surface area contributed by atoms with E-state index >= 15 is 0 Å². The van der Waals surface area contributed by atoms with E-state index in [1.54, 1.807) is 12.1 Å². The first-order valence-corrected chi connectivity index (χ1v) is 5.47. The van der Waals surface area contributed by atoms with Gasteiger partial charge in [-0.2, -0.15) is 5.26 Å². The molecule has 1 aromatic carbocycles. The molecule has 1 fully saturated rings. The smallest absolute Gasteiger partial charge is 0.156 e. The average molecular weight is 235 g/mol. The number of anilines is 1. The zero-order valence-electron chi connectivity index (χ0n) is 9.40. The van der Waals surface area contributed by atoms with Crippen LogP contribution in [0.1, 0.15) is 5.56 Å². The van der Waals surface area contributed by atoms with Crippen molar-refractivity contribution in [1.82, 2.24) is 4.90 Å². The van der Waals surface area contributed by atoms with Crippen LogP contribution in [-0.2, 0) is 11.3 Å². The van der Waals surface area contributed by atoms with Crippen LogP contribution in [-0.4, -0.2) is 30.7 Å². The summed E-state index contributed by atoms with van der Waals surface area (Å²) in [6.45, 7) is 2.16. The molecule has 1 aliphatic heterocycles. The van der Waals surface area contributed by atoms with Crippen molar-refractivity contribution in [1.29, 1.82) is 5.26 Å². The van der Waals surface area contributed by atoms with Crippen molar-refractivity contribution < 1.29 is 9.13 Å². The Kier molecular flexibility index (Phi) is 3.57. The molecular formula is C12H14FN3O. The first-order valence-electron chi connectivity index (χ1n) is 5.47. The molecule has 0 aliphatic carbocycles. The minimum absolute atomic E-state index is 0.160. The first-order chi connectivity index (χ1) is 8.20. The molecular weight excluding hydrogens is 221 g/mol. The topological polar surface area (TPSA) is 62.3 Å². The normalized spacial score (nSPS) is 21.1. The molecule has 0 amide bonds. The molecule has 1 saturated heterocycles. The van der Waals surface area contributed by atoms with Crippen LogP contribution in [0.5, 0.6) is 0 Å². The van der Waals surface area contributed by atoms with Gasteiger partial charge in [0.1, 0.15) is 0 Å². The summed E-state index contributed by atoms with van der Waals surface area (Å²) in [7, 11) is 0. The Morgan fingerprint density at radius 3 is 3.18 bits per heavy atom. The zero-order chi connectivity index (χ0) is 12.3. The molecule has 0 saturated carbocycles. The highest BCUT2D eigenvalue weighted by molar-refractivity contribution is 5.42. The maximum absolute atomic E-state index is 13.7. The maximum Gasteiger partial charge on any atom is 0.156 e. The molecule has 0 bridgehead atoms. The number of rotatable bonds is 2. The van der Waals surface area contributed by atoms with Crippen LogP contribution in [0.4, 0.5) is 10.1 Å². The summed E-state index contributed by atoms with van der Waals surface area (Å²) in [6, 6.07) is 7.04. The highest BCUT2D eigenvalue weighted by atomic mass is 19.1. The lowest BCUT2D eigenvalue weighted by molar-refractivity contribution is -0.00302. The van der Waals surface area contributed by atoms with Crippen molar-refractivity contribution in [3.05, 3.63) is 29.6 Å². The highest BCUT2D eigenvalue weighted by Gasteiger charge is 2.20. The maximum atomic E-state index is 13.7. The largest absolute Gasteiger partial charge is 0.396 e. The number of hydrogen-bond acceptors (Lipinski definition) is 4. The SMILES string of the molecule is N#CC1CN(Cc2cccc(N)c2F)CCO1. The lowest BCUT2D eigenvalue weighted by Crippen LogP contribution is -2.41. The van der Waals surface area contributed by atoms with E-state index in [2.05, 4.69) is 6.07 Å². The molecule has 1 aromatic rings. The molecule has 0 radical (unpaired) electrons. The van der Waals surface area contributed by atoms with Crippen molar-refractivity contribution in [2.75, 3.05) is 25.4 Å². The van der Waals surface area contributed by atoms with Gasteiger partial charge in [-0.3, -0.25) is 4.90 Å². The van der Waals surface area contributed by atoms with Gasteiger partial charge >= 0.3 is 0 Å². The van der Waals surface area contributed by atoms with Crippen LogP contribution in [0.2, 0.25) is 0 Å². The Bertz CT molecular complexity index is 444. The fourth-order valence-corrected chi connectivity index (χ4v) is 1.89. The van der Waals surface area contributed by atoms with Crippen molar-refractivity contribution in [2.45, 2.75) is 12.6 Å². The molecule has 2 N–H and O–H groups in total. The van der Waals surface area contributed by atoms with Gasteiger partial charge in [-0.15, -0.1) is 0 Å². The third kappa shape index (κ3) is 2.73. The lowest BCUT2D eigenvalue weighted by Gasteiger charge is -2.29. The second kappa shape index (κ2) is 5.13. The van der Waals surface area contributed by atoms with Gasteiger partial charge in [-0.25, -0.2) is 4.39 Å². The predicted octanol–water partition coefficient (Wildman–Crippen LogP) is 1.13. The van der Waals surface area contributed by atoms with Crippen LogP contribution < -0.4 is 5.73 Å². The number of nitrogen functional groups attached to an aromatic ring is 1. The fourth-order valence-electron chi connectivity index (χ4n) is 1.89. The van der Waals surface area contributed by atoms with Gasteiger partial charge in [0.25, 0.3) is 0 Å². The third-order valence-corrected chi connectivity index (χ3v) is 2.80. The Balaban J connectivity index is 2.06. The molecule has 2 rings (SSSR count). The van der Waals surface area contributed by atoms with Gasteiger partial charge in [0, 0.05) is 25.2 Å². The number of nitriles is 1. The standard InChI is InChI=1S/C12H14FN3O/c13-12-9(2-1-3-11(12)15)7-16-4-5-17-10(6-14)8-16/h1-3,10H,4-5,7-8,15H2. The Morgan fingerprint density at radius 2 is 2.41 bits per heavy atom. The summed E-state index contributed by atoms with van der Waals surface area (Å²) in [5.74, 6) is -0.368.